The minimum Gasteiger partial charge on any atom is -0.349 e. The molecule has 5 heteroatoms. The van der Waals surface area contributed by atoms with Crippen molar-refractivity contribution in [1.82, 2.24) is 10.3 Å². The van der Waals surface area contributed by atoms with E-state index in [0.717, 1.165) is 31.2 Å². The number of nitrogens with one attached hydrogen (secondary N) is 2. The standard InChI is InChI=1S/C21H25N3O2/c1-15-8-10-19(11-9-15)24-21(26)17-12-16(13-22-14-17)20(25)23-18-6-4-2-3-5-7-18/h8-14,18H,2-7H2,1H3,(H,23,25)(H,24,26). The van der Waals surface area contributed by atoms with Crippen LogP contribution in [-0.4, -0.2) is 22.8 Å². The summed E-state index contributed by atoms with van der Waals surface area (Å²) in [5.74, 6) is -0.431. The van der Waals surface area contributed by atoms with Crippen LogP contribution in [0.3, 0.4) is 0 Å². The Labute approximate surface area is 154 Å². The van der Waals surface area contributed by atoms with Crippen LogP contribution in [0.5, 0.6) is 0 Å². The maximum atomic E-state index is 12.5. The van der Waals surface area contributed by atoms with Crippen LogP contribution >= 0.6 is 0 Å². The molecule has 0 bridgehead atoms. The van der Waals surface area contributed by atoms with E-state index >= 15 is 0 Å². The molecule has 2 amide bonds. The first-order valence-electron chi connectivity index (χ1n) is 9.26. The number of carbonyl (C=O) groups is 2. The van der Waals surface area contributed by atoms with Gasteiger partial charge < -0.3 is 10.6 Å². The lowest BCUT2D eigenvalue weighted by molar-refractivity contribution is 0.0933. The van der Waals surface area contributed by atoms with E-state index in [2.05, 4.69) is 15.6 Å². The van der Waals surface area contributed by atoms with E-state index in [1.54, 1.807) is 6.07 Å². The minimum atomic E-state index is -0.273. The first-order chi connectivity index (χ1) is 12.6. The van der Waals surface area contributed by atoms with Crippen molar-refractivity contribution >= 4 is 17.5 Å². The third-order valence-electron chi connectivity index (χ3n) is 4.76. The highest BCUT2D eigenvalue weighted by molar-refractivity contribution is 6.05. The van der Waals surface area contributed by atoms with Gasteiger partial charge in [0.15, 0.2) is 0 Å². The number of rotatable bonds is 4. The van der Waals surface area contributed by atoms with Crippen LogP contribution in [0.25, 0.3) is 0 Å². The summed E-state index contributed by atoms with van der Waals surface area (Å²) in [5.41, 5.74) is 2.64. The van der Waals surface area contributed by atoms with E-state index in [9.17, 15) is 9.59 Å². The molecule has 1 aliphatic carbocycles. The fourth-order valence-corrected chi connectivity index (χ4v) is 3.22. The van der Waals surface area contributed by atoms with E-state index in [1.165, 1.54) is 25.2 Å². The predicted molar refractivity (Wildman–Crippen MR) is 102 cm³/mol. The average molecular weight is 351 g/mol. The topological polar surface area (TPSA) is 71.1 Å². The number of amides is 2. The molecule has 0 spiro atoms. The number of pyridine rings is 1. The fraction of sp³-hybridized carbons (Fsp3) is 0.381. The van der Waals surface area contributed by atoms with Gasteiger partial charge in [-0.1, -0.05) is 43.4 Å². The Morgan fingerprint density at radius 2 is 1.54 bits per heavy atom. The number of hydrogen-bond acceptors (Lipinski definition) is 3. The molecule has 2 N–H and O–H groups in total. The van der Waals surface area contributed by atoms with Crippen molar-refractivity contribution in [2.24, 2.45) is 0 Å². The smallest absolute Gasteiger partial charge is 0.257 e. The van der Waals surface area contributed by atoms with Crippen molar-refractivity contribution in [3.05, 3.63) is 59.4 Å². The third kappa shape index (κ3) is 4.91. The third-order valence-corrected chi connectivity index (χ3v) is 4.76. The maximum Gasteiger partial charge on any atom is 0.257 e. The highest BCUT2D eigenvalue weighted by Crippen LogP contribution is 2.18. The molecule has 1 aromatic carbocycles. The monoisotopic (exact) mass is 351 g/mol. The van der Waals surface area contributed by atoms with Crippen molar-refractivity contribution in [2.45, 2.75) is 51.5 Å². The molecule has 1 aliphatic rings. The van der Waals surface area contributed by atoms with Crippen LogP contribution in [0.2, 0.25) is 0 Å². The largest absolute Gasteiger partial charge is 0.349 e. The molecule has 1 aromatic heterocycles. The number of nitrogens with zero attached hydrogens (tertiary/aromatic N) is 1. The Hall–Kier alpha value is -2.69. The van der Waals surface area contributed by atoms with Crippen molar-refractivity contribution in [3.8, 4) is 0 Å². The number of anilines is 1. The molecule has 1 fully saturated rings. The highest BCUT2D eigenvalue weighted by atomic mass is 16.2. The number of hydrogen-bond donors (Lipinski definition) is 2. The lowest BCUT2D eigenvalue weighted by atomic mass is 10.1. The molecular weight excluding hydrogens is 326 g/mol. The van der Waals surface area contributed by atoms with Gasteiger partial charge >= 0.3 is 0 Å². The highest BCUT2D eigenvalue weighted by Gasteiger charge is 2.17. The lowest BCUT2D eigenvalue weighted by Gasteiger charge is -2.16. The molecule has 136 valence electrons. The Balaban J connectivity index is 1.65. The van der Waals surface area contributed by atoms with E-state index in [-0.39, 0.29) is 17.9 Å². The summed E-state index contributed by atoms with van der Waals surface area (Å²) in [6.07, 6.45) is 9.82. The van der Waals surface area contributed by atoms with Crippen molar-refractivity contribution in [1.29, 1.82) is 0 Å². The summed E-state index contributed by atoms with van der Waals surface area (Å²) < 4.78 is 0. The summed E-state index contributed by atoms with van der Waals surface area (Å²) >= 11 is 0. The molecule has 2 aromatic rings. The number of carbonyl (C=O) groups excluding carboxylic acids is 2. The average Bonchev–Trinajstić information content (AvgIpc) is 2.92. The molecule has 1 heterocycles. The van der Waals surface area contributed by atoms with Crippen LogP contribution in [0.1, 0.15) is 64.8 Å². The van der Waals surface area contributed by atoms with E-state index in [0.29, 0.717) is 16.8 Å². The van der Waals surface area contributed by atoms with Crippen LogP contribution < -0.4 is 10.6 Å². The molecule has 0 unspecified atom stereocenters. The molecule has 0 aliphatic heterocycles. The lowest BCUT2D eigenvalue weighted by Crippen LogP contribution is -2.34. The van der Waals surface area contributed by atoms with Crippen molar-refractivity contribution < 1.29 is 9.59 Å². The van der Waals surface area contributed by atoms with Crippen LogP contribution in [0.4, 0.5) is 5.69 Å². The second-order valence-electron chi connectivity index (χ2n) is 6.94. The van der Waals surface area contributed by atoms with Gasteiger partial charge in [-0.3, -0.25) is 14.6 Å². The Bertz CT molecular complexity index is 763. The summed E-state index contributed by atoms with van der Waals surface area (Å²) in [7, 11) is 0. The second kappa shape index (κ2) is 8.61. The van der Waals surface area contributed by atoms with Gasteiger partial charge in [-0.15, -0.1) is 0 Å². The first kappa shape index (κ1) is 18.1. The summed E-state index contributed by atoms with van der Waals surface area (Å²) in [5, 5.41) is 5.92. The van der Waals surface area contributed by atoms with Crippen LogP contribution in [0, 0.1) is 6.92 Å². The zero-order valence-corrected chi connectivity index (χ0v) is 15.1. The quantitative estimate of drug-likeness (QED) is 0.815. The van der Waals surface area contributed by atoms with Gasteiger partial charge in [0.2, 0.25) is 0 Å². The van der Waals surface area contributed by atoms with Crippen molar-refractivity contribution in [3.63, 3.8) is 0 Å². The van der Waals surface area contributed by atoms with Gasteiger partial charge in [0.25, 0.3) is 11.8 Å². The Morgan fingerprint density at radius 1 is 0.923 bits per heavy atom. The molecular formula is C21H25N3O2. The molecule has 0 radical (unpaired) electrons. The molecule has 5 nitrogen and oxygen atoms in total. The predicted octanol–water partition coefficient (Wildman–Crippen LogP) is 4.09. The number of aryl methyl sites for hydroxylation is 1. The zero-order valence-electron chi connectivity index (χ0n) is 15.1. The van der Waals surface area contributed by atoms with Gasteiger partial charge in [0, 0.05) is 24.1 Å². The van der Waals surface area contributed by atoms with Gasteiger partial charge in [-0.05, 0) is 38.0 Å². The number of aromatic nitrogens is 1. The van der Waals surface area contributed by atoms with Gasteiger partial charge in [-0.25, -0.2) is 0 Å². The number of benzene rings is 1. The Morgan fingerprint density at radius 3 is 2.19 bits per heavy atom. The van der Waals surface area contributed by atoms with Crippen molar-refractivity contribution in [2.75, 3.05) is 5.32 Å². The first-order valence-corrected chi connectivity index (χ1v) is 9.26. The SMILES string of the molecule is Cc1ccc(NC(=O)c2cncc(C(=O)NC3CCCCCC3)c2)cc1. The van der Waals surface area contributed by atoms with E-state index in [4.69, 9.17) is 0 Å². The van der Waals surface area contributed by atoms with Gasteiger partial charge in [0.05, 0.1) is 11.1 Å². The molecule has 3 rings (SSSR count). The van der Waals surface area contributed by atoms with E-state index in [1.807, 2.05) is 31.2 Å². The summed E-state index contributed by atoms with van der Waals surface area (Å²) in [6, 6.07) is 9.39. The Kier molecular flexibility index (Phi) is 6.00. The van der Waals surface area contributed by atoms with E-state index < -0.39 is 0 Å². The van der Waals surface area contributed by atoms with Crippen LogP contribution in [0.15, 0.2) is 42.7 Å². The fourth-order valence-electron chi connectivity index (χ4n) is 3.22. The maximum absolute atomic E-state index is 12.5. The second-order valence-corrected chi connectivity index (χ2v) is 6.94. The zero-order chi connectivity index (χ0) is 18.4. The normalized spacial score (nSPS) is 15.1. The molecule has 0 saturated heterocycles. The van der Waals surface area contributed by atoms with Gasteiger partial charge in [0.1, 0.15) is 0 Å². The minimum absolute atomic E-state index is 0.158. The van der Waals surface area contributed by atoms with Gasteiger partial charge in [-0.2, -0.15) is 0 Å². The molecule has 1 saturated carbocycles. The molecule has 26 heavy (non-hydrogen) atoms. The molecule has 0 atom stereocenters. The summed E-state index contributed by atoms with van der Waals surface area (Å²) in [4.78, 5) is 29.0. The summed E-state index contributed by atoms with van der Waals surface area (Å²) in [6.45, 7) is 1.99. The van der Waals surface area contributed by atoms with Crippen LogP contribution in [-0.2, 0) is 0 Å².